The number of aromatic nitrogens is 2. The van der Waals surface area contributed by atoms with E-state index in [1.165, 1.54) is 6.20 Å². The number of ether oxygens (including phenoxy) is 2. The minimum atomic E-state index is -0.405. The lowest BCUT2D eigenvalue weighted by atomic mass is 10.2. The fourth-order valence-electron chi connectivity index (χ4n) is 2.51. The van der Waals surface area contributed by atoms with Crippen molar-refractivity contribution in [1.82, 2.24) is 15.3 Å². The minimum Gasteiger partial charge on any atom is -0.490 e. The van der Waals surface area contributed by atoms with Gasteiger partial charge in [-0.2, -0.15) is 0 Å². The molecule has 0 radical (unpaired) electrons. The van der Waals surface area contributed by atoms with E-state index in [1.54, 1.807) is 6.20 Å². The molecule has 8 nitrogen and oxygen atoms in total. The molecule has 0 spiro atoms. The van der Waals surface area contributed by atoms with Crippen molar-refractivity contribution in [3.63, 3.8) is 0 Å². The van der Waals surface area contributed by atoms with E-state index in [4.69, 9.17) is 9.47 Å². The molecule has 2 amide bonds. The number of amides is 2. The zero-order chi connectivity index (χ0) is 18.4. The lowest BCUT2D eigenvalue weighted by molar-refractivity contribution is 0.0594. The third-order valence-corrected chi connectivity index (χ3v) is 3.84. The number of benzene rings is 1. The first-order valence-electron chi connectivity index (χ1n) is 8.51. The zero-order valence-electron chi connectivity index (χ0n) is 14.9. The smallest absolute Gasteiger partial charge is 0.324 e. The molecule has 0 aliphatic carbocycles. The summed E-state index contributed by atoms with van der Waals surface area (Å²) in [7, 11) is 0. The molecule has 1 aromatic heterocycles. The minimum absolute atomic E-state index is 0.134. The highest BCUT2D eigenvalue weighted by atomic mass is 16.5. The van der Waals surface area contributed by atoms with Gasteiger partial charge in [0, 0.05) is 6.54 Å². The number of rotatable bonds is 5. The summed E-state index contributed by atoms with van der Waals surface area (Å²) in [6, 6.07) is 5.38. The van der Waals surface area contributed by atoms with Crippen LogP contribution >= 0.6 is 0 Å². The molecule has 1 fully saturated rings. The van der Waals surface area contributed by atoms with Crippen molar-refractivity contribution in [3.05, 3.63) is 41.9 Å². The highest BCUT2D eigenvalue weighted by molar-refractivity contribution is 6.00. The Morgan fingerprint density at radius 1 is 1.31 bits per heavy atom. The molecule has 2 heterocycles. The number of nitrogens with one attached hydrogen (secondary N) is 3. The molecule has 0 saturated carbocycles. The number of carbonyl (C=O) groups excluding carboxylic acids is 1. The van der Waals surface area contributed by atoms with Crippen LogP contribution in [0.1, 0.15) is 11.3 Å². The molecule has 8 heteroatoms. The highest BCUT2D eigenvalue weighted by Gasteiger charge is 2.15. The van der Waals surface area contributed by atoms with Gasteiger partial charge in [0.2, 0.25) is 0 Å². The van der Waals surface area contributed by atoms with Crippen LogP contribution in [-0.2, 0) is 4.74 Å². The quantitative estimate of drug-likeness (QED) is 0.758. The maximum atomic E-state index is 12.3. The van der Waals surface area contributed by atoms with E-state index in [9.17, 15) is 4.79 Å². The molecule has 3 N–H and O–H groups in total. The second-order valence-electron chi connectivity index (χ2n) is 6.16. The van der Waals surface area contributed by atoms with Crippen LogP contribution in [0.15, 0.2) is 30.6 Å². The summed E-state index contributed by atoms with van der Waals surface area (Å²) in [4.78, 5) is 20.5. The van der Waals surface area contributed by atoms with Crippen molar-refractivity contribution in [1.29, 1.82) is 0 Å². The van der Waals surface area contributed by atoms with Crippen molar-refractivity contribution in [3.8, 4) is 5.75 Å². The summed E-state index contributed by atoms with van der Waals surface area (Å²) >= 11 is 0. The first-order valence-corrected chi connectivity index (χ1v) is 8.51. The molecule has 1 aliphatic rings. The number of morpholine rings is 1. The first kappa shape index (κ1) is 18.1. The summed E-state index contributed by atoms with van der Waals surface area (Å²) in [5.41, 5.74) is 2.40. The Kier molecular flexibility index (Phi) is 5.98. The van der Waals surface area contributed by atoms with Crippen LogP contribution in [0, 0.1) is 13.8 Å². The third-order valence-electron chi connectivity index (χ3n) is 3.84. The average molecular weight is 357 g/mol. The van der Waals surface area contributed by atoms with Gasteiger partial charge in [-0.05, 0) is 31.5 Å². The van der Waals surface area contributed by atoms with Gasteiger partial charge in [-0.1, -0.05) is 6.07 Å². The van der Waals surface area contributed by atoms with E-state index < -0.39 is 6.03 Å². The van der Waals surface area contributed by atoms with E-state index in [2.05, 4.69) is 25.9 Å². The van der Waals surface area contributed by atoms with Crippen molar-refractivity contribution in [2.24, 2.45) is 0 Å². The zero-order valence-corrected chi connectivity index (χ0v) is 14.9. The standard InChI is InChI=1S/C18H23N5O3/c1-12-3-4-16(26-11-14-10-25-6-5-19-14)15(7-12)22-18(24)23-17-9-20-13(2)8-21-17/h3-4,7-9,14,19H,5-6,10-11H2,1-2H3,(H2,21,22,23,24)/t14-/m1/s1. The van der Waals surface area contributed by atoms with Gasteiger partial charge in [0.1, 0.15) is 12.4 Å². The van der Waals surface area contributed by atoms with Gasteiger partial charge < -0.3 is 20.1 Å². The van der Waals surface area contributed by atoms with E-state index in [-0.39, 0.29) is 6.04 Å². The van der Waals surface area contributed by atoms with E-state index >= 15 is 0 Å². The number of urea groups is 1. The molecule has 0 bridgehead atoms. The molecule has 1 saturated heterocycles. The molecular weight excluding hydrogens is 334 g/mol. The first-order chi connectivity index (χ1) is 12.6. The fraction of sp³-hybridized carbons (Fsp3) is 0.389. The normalized spacial score (nSPS) is 16.8. The lowest BCUT2D eigenvalue weighted by Crippen LogP contribution is -2.44. The van der Waals surface area contributed by atoms with Crippen LogP contribution in [0.4, 0.5) is 16.3 Å². The van der Waals surface area contributed by atoms with Crippen LogP contribution < -0.4 is 20.7 Å². The molecule has 3 rings (SSSR count). The van der Waals surface area contributed by atoms with Crippen molar-refractivity contribution < 1.29 is 14.3 Å². The van der Waals surface area contributed by atoms with Crippen LogP contribution in [0.2, 0.25) is 0 Å². The van der Waals surface area contributed by atoms with Crippen LogP contribution in [0.25, 0.3) is 0 Å². The summed E-state index contributed by atoms with van der Waals surface area (Å²) in [5.74, 6) is 0.986. The SMILES string of the molecule is Cc1ccc(OC[C@H]2COCCN2)c(NC(=O)Nc2cnc(C)cn2)c1. The Bertz CT molecular complexity index is 745. The number of carbonyl (C=O) groups is 1. The largest absolute Gasteiger partial charge is 0.490 e. The molecule has 138 valence electrons. The number of aryl methyl sites for hydroxylation is 2. The van der Waals surface area contributed by atoms with E-state index in [1.807, 2.05) is 32.0 Å². The maximum absolute atomic E-state index is 12.3. The molecule has 1 aromatic carbocycles. The van der Waals surface area contributed by atoms with Crippen LogP contribution in [0.5, 0.6) is 5.75 Å². The van der Waals surface area contributed by atoms with Gasteiger partial charge in [0.15, 0.2) is 5.82 Å². The van der Waals surface area contributed by atoms with E-state index in [0.717, 1.165) is 24.4 Å². The molecule has 1 atom stereocenters. The number of anilines is 2. The average Bonchev–Trinajstić information content (AvgIpc) is 2.64. The van der Waals surface area contributed by atoms with Gasteiger partial charge >= 0.3 is 6.03 Å². The van der Waals surface area contributed by atoms with Crippen molar-refractivity contribution in [2.75, 3.05) is 37.0 Å². The molecular formula is C18H23N5O3. The summed E-state index contributed by atoms with van der Waals surface area (Å²) < 4.78 is 11.3. The maximum Gasteiger partial charge on any atom is 0.324 e. The second kappa shape index (κ2) is 8.59. The summed E-state index contributed by atoms with van der Waals surface area (Å²) in [5, 5.41) is 8.80. The summed E-state index contributed by atoms with van der Waals surface area (Å²) in [6.45, 7) is 6.39. The number of nitrogens with zero attached hydrogens (tertiary/aromatic N) is 2. The molecule has 0 unspecified atom stereocenters. The Labute approximate surface area is 152 Å². The van der Waals surface area contributed by atoms with Gasteiger partial charge in [-0.15, -0.1) is 0 Å². The summed E-state index contributed by atoms with van der Waals surface area (Å²) in [6.07, 6.45) is 3.10. The monoisotopic (exact) mass is 357 g/mol. The number of hydrogen-bond donors (Lipinski definition) is 3. The number of hydrogen-bond acceptors (Lipinski definition) is 6. The van der Waals surface area contributed by atoms with Crippen LogP contribution in [0.3, 0.4) is 0 Å². The molecule has 26 heavy (non-hydrogen) atoms. The van der Waals surface area contributed by atoms with Gasteiger partial charge in [-0.3, -0.25) is 10.3 Å². The Morgan fingerprint density at radius 2 is 2.19 bits per heavy atom. The third kappa shape index (κ3) is 5.14. The lowest BCUT2D eigenvalue weighted by Gasteiger charge is -2.24. The predicted molar refractivity (Wildman–Crippen MR) is 98.7 cm³/mol. The Morgan fingerprint density at radius 3 is 2.92 bits per heavy atom. The van der Waals surface area contributed by atoms with Crippen molar-refractivity contribution in [2.45, 2.75) is 19.9 Å². The highest BCUT2D eigenvalue weighted by Crippen LogP contribution is 2.26. The topological polar surface area (TPSA) is 97.4 Å². The van der Waals surface area contributed by atoms with Crippen molar-refractivity contribution >= 4 is 17.5 Å². The van der Waals surface area contributed by atoms with Gasteiger partial charge in [-0.25, -0.2) is 9.78 Å². The Balaban J connectivity index is 1.62. The van der Waals surface area contributed by atoms with Gasteiger partial charge in [0.05, 0.1) is 43.0 Å². The fourth-order valence-corrected chi connectivity index (χ4v) is 2.51. The predicted octanol–water partition coefficient (Wildman–Crippen LogP) is 2.10. The van der Waals surface area contributed by atoms with Gasteiger partial charge in [0.25, 0.3) is 0 Å². The van der Waals surface area contributed by atoms with Crippen LogP contribution in [-0.4, -0.2) is 48.4 Å². The molecule has 1 aliphatic heterocycles. The molecule has 2 aromatic rings. The van der Waals surface area contributed by atoms with E-state index in [0.29, 0.717) is 30.5 Å². The second-order valence-corrected chi connectivity index (χ2v) is 6.16. The Hall–Kier alpha value is -2.71.